The van der Waals surface area contributed by atoms with Crippen LogP contribution in [0.4, 0.5) is 11.4 Å². The van der Waals surface area contributed by atoms with Gasteiger partial charge in [0.1, 0.15) is 20.9 Å². The predicted molar refractivity (Wildman–Crippen MR) is 153 cm³/mol. The van der Waals surface area contributed by atoms with Crippen LogP contribution >= 0.6 is 35.1 Å². The summed E-state index contributed by atoms with van der Waals surface area (Å²) in [6, 6.07) is 29.6. The molecule has 4 aromatic carbocycles. The van der Waals surface area contributed by atoms with E-state index in [2.05, 4.69) is 21.1 Å². The van der Waals surface area contributed by atoms with Crippen molar-refractivity contribution in [2.45, 2.75) is 9.24 Å². The highest BCUT2D eigenvalue weighted by molar-refractivity contribution is 8.02. The molecule has 182 valence electrons. The fraction of sp³-hybridized carbons (Fsp3) is 0.0714. The SMILES string of the molecule is N#Cc1c(SCC(=O)Nc2ccc3ccccc3c2)nsc1SCC(=O)Nc1ccc2ccccc2c1. The summed E-state index contributed by atoms with van der Waals surface area (Å²) in [4.78, 5) is 25.0. The first-order chi connectivity index (χ1) is 18.1. The minimum absolute atomic E-state index is 0.123. The van der Waals surface area contributed by atoms with E-state index in [1.165, 1.54) is 35.1 Å². The van der Waals surface area contributed by atoms with Crippen LogP contribution in [-0.2, 0) is 9.59 Å². The first-order valence-corrected chi connectivity index (χ1v) is 14.1. The Bertz CT molecular complexity index is 1540. The molecule has 0 fully saturated rings. The largest absolute Gasteiger partial charge is 0.325 e. The number of carbonyl (C=O) groups excluding carboxylic acids is 2. The van der Waals surface area contributed by atoms with E-state index >= 15 is 0 Å². The number of amides is 2. The summed E-state index contributed by atoms with van der Waals surface area (Å²) in [6.07, 6.45) is 0. The van der Waals surface area contributed by atoms with Crippen molar-refractivity contribution in [2.75, 3.05) is 22.1 Å². The maximum atomic E-state index is 12.5. The van der Waals surface area contributed by atoms with Crippen molar-refractivity contribution in [1.82, 2.24) is 4.37 Å². The Morgan fingerprint density at radius 2 is 1.27 bits per heavy atom. The molecule has 6 nitrogen and oxygen atoms in total. The van der Waals surface area contributed by atoms with Crippen LogP contribution in [0.15, 0.2) is 94.2 Å². The van der Waals surface area contributed by atoms with Crippen molar-refractivity contribution in [3.63, 3.8) is 0 Å². The lowest BCUT2D eigenvalue weighted by Crippen LogP contribution is -2.14. The molecule has 0 aliphatic rings. The van der Waals surface area contributed by atoms with Crippen molar-refractivity contribution in [3.05, 3.63) is 90.5 Å². The van der Waals surface area contributed by atoms with Gasteiger partial charge in [-0.25, -0.2) is 0 Å². The number of nitrogens with zero attached hydrogens (tertiary/aromatic N) is 2. The zero-order valence-corrected chi connectivity index (χ0v) is 21.9. The summed E-state index contributed by atoms with van der Waals surface area (Å²) in [5, 5.41) is 20.3. The van der Waals surface area contributed by atoms with E-state index in [0.717, 1.165) is 32.9 Å². The van der Waals surface area contributed by atoms with Crippen molar-refractivity contribution < 1.29 is 9.59 Å². The van der Waals surface area contributed by atoms with Crippen LogP contribution in [-0.4, -0.2) is 27.7 Å². The van der Waals surface area contributed by atoms with Gasteiger partial charge in [-0.3, -0.25) is 9.59 Å². The summed E-state index contributed by atoms with van der Waals surface area (Å²) >= 11 is 3.65. The number of carbonyl (C=O) groups is 2. The van der Waals surface area contributed by atoms with E-state index in [0.29, 0.717) is 14.8 Å². The lowest BCUT2D eigenvalue weighted by atomic mass is 10.1. The highest BCUT2D eigenvalue weighted by Crippen LogP contribution is 2.34. The molecule has 1 heterocycles. The van der Waals surface area contributed by atoms with Crippen LogP contribution in [0.1, 0.15) is 5.56 Å². The Balaban J connectivity index is 1.15. The van der Waals surface area contributed by atoms with E-state index in [1.807, 2.05) is 84.9 Å². The average Bonchev–Trinajstić information content (AvgIpc) is 3.32. The Kier molecular flexibility index (Phi) is 7.70. The number of fused-ring (bicyclic) bond motifs is 2. The molecule has 2 N–H and O–H groups in total. The van der Waals surface area contributed by atoms with Gasteiger partial charge < -0.3 is 10.6 Å². The monoisotopic (exact) mass is 540 g/mol. The summed E-state index contributed by atoms with van der Waals surface area (Å²) in [6.45, 7) is 0. The molecule has 37 heavy (non-hydrogen) atoms. The fourth-order valence-corrected chi connectivity index (χ4v) is 6.44. The minimum Gasteiger partial charge on any atom is -0.325 e. The third-order valence-electron chi connectivity index (χ3n) is 5.48. The molecule has 1 aromatic heterocycles. The second kappa shape index (κ2) is 11.5. The van der Waals surface area contributed by atoms with Gasteiger partial charge in [-0.2, -0.15) is 9.64 Å². The molecule has 0 radical (unpaired) electrons. The molecule has 2 amide bonds. The minimum atomic E-state index is -0.180. The smallest absolute Gasteiger partial charge is 0.234 e. The van der Waals surface area contributed by atoms with E-state index in [4.69, 9.17) is 0 Å². The standard InChI is InChI=1S/C28H20N4O2S3/c29-15-24-27(35-16-25(33)30-22-11-9-18-5-1-3-7-20(18)13-22)32-37-28(24)36-17-26(34)31-23-12-10-19-6-2-4-8-21(19)14-23/h1-14H,16-17H2,(H,30,33)(H,31,34). The van der Waals surface area contributed by atoms with Gasteiger partial charge in [0.25, 0.3) is 0 Å². The third kappa shape index (κ3) is 6.12. The van der Waals surface area contributed by atoms with Crippen molar-refractivity contribution >= 4 is 79.8 Å². The lowest BCUT2D eigenvalue weighted by molar-refractivity contribution is -0.114. The van der Waals surface area contributed by atoms with Gasteiger partial charge in [-0.05, 0) is 57.3 Å². The van der Waals surface area contributed by atoms with Gasteiger partial charge in [0.05, 0.1) is 11.5 Å². The maximum Gasteiger partial charge on any atom is 0.234 e. The van der Waals surface area contributed by atoms with Crippen LogP contribution in [0.2, 0.25) is 0 Å². The van der Waals surface area contributed by atoms with Crippen LogP contribution in [0.25, 0.3) is 21.5 Å². The normalized spacial score (nSPS) is 10.8. The number of rotatable bonds is 8. The molecule has 5 aromatic rings. The Hall–Kier alpha value is -3.84. The van der Waals surface area contributed by atoms with Gasteiger partial charge >= 0.3 is 0 Å². The Morgan fingerprint density at radius 1 is 0.757 bits per heavy atom. The maximum absolute atomic E-state index is 12.5. The molecule has 0 unspecified atom stereocenters. The van der Waals surface area contributed by atoms with Gasteiger partial charge in [0.15, 0.2) is 0 Å². The molecule has 0 atom stereocenters. The molecule has 0 saturated carbocycles. The highest BCUT2D eigenvalue weighted by atomic mass is 32.2. The lowest BCUT2D eigenvalue weighted by Gasteiger charge is -2.06. The zero-order chi connectivity index (χ0) is 25.6. The molecule has 5 rings (SSSR count). The number of hydrogen-bond donors (Lipinski definition) is 2. The molecular formula is C28H20N4O2S3. The van der Waals surface area contributed by atoms with E-state index in [-0.39, 0.29) is 23.3 Å². The molecule has 9 heteroatoms. The van der Waals surface area contributed by atoms with Crippen molar-refractivity contribution in [1.29, 1.82) is 5.26 Å². The Labute approximate surface area is 226 Å². The van der Waals surface area contributed by atoms with Gasteiger partial charge in [0.2, 0.25) is 11.8 Å². The predicted octanol–water partition coefficient (Wildman–Crippen LogP) is 6.78. The first-order valence-electron chi connectivity index (χ1n) is 11.3. The summed E-state index contributed by atoms with van der Waals surface area (Å²) in [7, 11) is 0. The molecule has 0 spiro atoms. The van der Waals surface area contributed by atoms with Gasteiger partial charge in [-0.15, -0.1) is 11.8 Å². The second-order valence-electron chi connectivity index (χ2n) is 8.06. The summed E-state index contributed by atoms with van der Waals surface area (Å²) in [5.41, 5.74) is 1.84. The van der Waals surface area contributed by atoms with Crippen LogP contribution in [0.3, 0.4) is 0 Å². The second-order valence-corrected chi connectivity index (χ2v) is 11.0. The molecule has 0 aliphatic heterocycles. The quantitative estimate of drug-likeness (QED) is 0.211. The molecule has 0 aliphatic carbocycles. The number of hydrogen-bond acceptors (Lipinski definition) is 7. The Morgan fingerprint density at radius 3 is 1.81 bits per heavy atom. The van der Waals surface area contributed by atoms with Crippen LogP contribution in [0, 0.1) is 11.3 Å². The number of anilines is 2. The average molecular weight is 541 g/mol. The summed E-state index contributed by atoms with van der Waals surface area (Å²) in [5.74, 6) is -0.0729. The molecule has 0 bridgehead atoms. The third-order valence-corrected chi connectivity index (χ3v) is 8.67. The van der Waals surface area contributed by atoms with Crippen molar-refractivity contribution in [2.24, 2.45) is 0 Å². The zero-order valence-electron chi connectivity index (χ0n) is 19.4. The summed E-state index contributed by atoms with van der Waals surface area (Å²) < 4.78 is 5.01. The topological polar surface area (TPSA) is 94.9 Å². The van der Waals surface area contributed by atoms with Crippen LogP contribution in [0.5, 0.6) is 0 Å². The van der Waals surface area contributed by atoms with Crippen molar-refractivity contribution in [3.8, 4) is 6.07 Å². The highest BCUT2D eigenvalue weighted by Gasteiger charge is 2.17. The fourth-order valence-electron chi connectivity index (χ4n) is 3.75. The van der Waals surface area contributed by atoms with Crippen LogP contribution < -0.4 is 10.6 Å². The van der Waals surface area contributed by atoms with E-state index < -0.39 is 0 Å². The van der Waals surface area contributed by atoms with E-state index in [1.54, 1.807) is 0 Å². The number of benzene rings is 4. The number of nitriles is 1. The molecular weight excluding hydrogens is 521 g/mol. The number of aromatic nitrogens is 1. The first kappa shape index (κ1) is 24.8. The van der Waals surface area contributed by atoms with E-state index in [9.17, 15) is 14.9 Å². The molecule has 0 saturated heterocycles. The number of thioether (sulfide) groups is 2. The number of nitrogens with one attached hydrogen (secondary N) is 2. The van der Waals surface area contributed by atoms with Gasteiger partial charge in [0, 0.05) is 11.4 Å². The van der Waals surface area contributed by atoms with Gasteiger partial charge in [-0.1, -0.05) is 72.4 Å².